The molecule has 14 heteroatoms. The fourth-order valence-corrected chi connectivity index (χ4v) is 4.83. The molecule has 0 aliphatic rings. The summed E-state index contributed by atoms with van der Waals surface area (Å²) in [6.45, 7) is 0.0499. The smallest absolute Gasteiger partial charge is 0.280 e. The lowest BCUT2D eigenvalue weighted by molar-refractivity contribution is -0.110. The van der Waals surface area contributed by atoms with E-state index in [2.05, 4.69) is 20.6 Å². The number of oxime groups is 1. The number of aliphatic hydroxyl groups is 1. The topological polar surface area (TPSA) is 148 Å². The van der Waals surface area contributed by atoms with Crippen molar-refractivity contribution in [3.05, 3.63) is 58.9 Å². The van der Waals surface area contributed by atoms with Crippen molar-refractivity contribution in [1.29, 1.82) is 0 Å². The number of amides is 1. The molecule has 0 spiro atoms. The molecule has 12 nitrogen and oxygen atoms in total. The number of nitrogens with zero attached hydrogens (tertiary/aromatic N) is 5. The Kier molecular flexibility index (Phi) is 9.06. The molecule has 3 aromatic rings. The van der Waals surface area contributed by atoms with Crippen LogP contribution < -0.4 is 5.32 Å². The summed E-state index contributed by atoms with van der Waals surface area (Å²) in [4.78, 5) is 23.4. The number of anilines is 1. The number of methoxy groups -OCH3 is 1. The van der Waals surface area contributed by atoms with Gasteiger partial charge in [0.1, 0.15) is 5.69 Å². The molecule has 0 unspecified atom stereocenters. The van der Waals surface area contributed by atoms with E-state index >= 15 is 0 Å². The van der Waals surface area contributed by atoms with Gasteiger partial charge in [-0.05, 0) is 18.2 Å². The Bertz CT molecular complexity index is 1270. The number of hydrogen-bond donors (Lipinski definition) is 2. The van der Waals surface area contributed by atoms with E-state index in [0.717, 1.165) is 9.18 Å². The molecule has 1 aromatic carbocycles. The average molecular weight is 523 g/mol. The Hall–Kier alpha value is -3.17. The minimum atomic E-state index is -3.79. The first-order valence-corrected chi connectivity index (χ1v) is 12.6. The second-order valence-corrected chi connectivity index (χ2v) is 10.4. The van der Waals surface area contributed by atoms with Crippen molar-refractivity contribution < 1.29 is 27.9 Å². The first-order chi connectivity index (χ1) is 16.7. The standard InChI is InChI=1S/C21H26N6O6S2/c1-26-9-8-16(24-26)13-33-25-19(20(29)23-21-22-12-17(34-21)14-32-3)15-4-6-18(7-5-15)35(30,31)27(2)10-11-28/h4-9,12,28H,10-11,13-14H2,1-3H3,(H,22,23,29). The van der Waals surface area contributed by atoms with Gasteiger partial charge in [-0.25, -0.2) is 13.4 Å². The van der Waals surface area contributed by atoms with Crippen molar-refractivity contribution in [3.8, 4) is 0 Å². The van der Waals surface area contributed by atoms with Crippen molar-refractivity contribution >= 4 is 38.1 Å². The molecule has 0 aliphatic heterocycles. The van der Waals surface area contributed by atoms with Crippen molar-refractivity contribution in [2.75, 3.05) is 32.6 Å². The normalized spacial score (nSPS) is 12.2. The van der Waals surface area contributed by atoms with Gasteiger partial charge in [-0.1, -0.05) is 28.6 Å². The number of likely N-dealkylation sites (N-methyl/N-ethyl adjacent to an activating group) is 1. The molecule has 0 saturated carbocycles. The fraction of sp³-hybridized carbons (Fsp3) is 0.333. The Balaban J connectivity index is 1.84. The van der Waals surface area contributed by atoms with Gasteiger partial charge in [0.2, 0.25) is 10.0 Å². The number of ether oxygens (including phenoxy) is 1. The van der Waals surface area contributed by atoms with Crippen LogP contribution >= 0.6 is 11.3 Å². The van der Waals surface area contributed by atoms with Crippen molar-refractivity contribution in [3.63, 3.8) is 0 Å². The van der Waals surface area contributed by atoms with E-state index in [1.165, 1.54) is 42.6 Å². The lowest BCUT2D eigenvalue weighted by atomic mass is 10.1. The second kappa shape index (κ2) is 12.0. The van der Waals surface area contributed by atoms with E-state index in [0.29, 0.717) is 23.0 Å². The summed E-state index contributed by atoms with van der Waals surface area (Å²) >= 11 is 1.25. The first kappa shape index (κ1) is 26.4. The molecule has 2 N–H and O–H groups in total. The SMILES string of the molecule is COCc1cnc(NC(=O)C(=NOCc2ccn(C)n2)c2ccc(S(=O)(=O)N(C)CCO)cc2)s1. The molecule has 35 heavy (non-hydrogen) atoms. The van der Waals surface area contributed by atoms with Crippen LogP contribution in [-0.4, -0.2) is 71.5 Å². The lowest BCUT2D eigenvalue weighted by Gasteiger charge is -2.16. The second-order valence-electron chi connectivity index (χ2n) is 7.29. The van der Waals surface area contributed by atoms with Gasteiger partial charge in [-0.2, -0.15) is 9.40 Å². The lowest BCUT2D eigenvalue weighted by Crippen LogP contribution is -2.29. The highest BCUT2D eigenvalue weighted by atomic mass is 32.2. The van der Waals surface area contributed by atoms with Gasteiger partial charge in [0.15, 0.2) is 17.5 Å². The van der Waals surface area contributed by atoms with Gasteiger partial charge < -0.3 is 14.7 Å². The van der Waals surface area contributed by atoms with Crippen LogP contribution in [-0.2, 0) is 44.7 Å². The summed E-state index contributed by atoms with van der Waals surface area (Å²) in [7, 11) is 0.909. The van der Waals surface area contributed by atoms with E-state index in [-0.39, 0.29) is 30.4 Å². The zero-order valence-electron chi connectivity index (χ0n) is 19.4. The highest BCUT2D eigenvalue weighted by Crippen LogP contribution is 2.20. The van der Waals surface area contributed by atoms with E-state index in [1.807, 2.05) is 0 Å². The Morgan fingerprint density at radius 3 is 2.63 bits per heavy atom. The van der Waals surface area contributed by atoms with Crippen LogP contribution in [0.5, 0.6) is 0 Å². The molecule has 1 amide bonds. The summed E-state index contributed by atoms with van der Waals surface area (Å²) in [5, 5.41) is 20.3. The van der Waals surface area contributed by atoms with Crippen LogP contribution in [0.3, 0.4) is 0 Å². The number of nitrogens with one attached hydrogen (secondary N) is 1. The first-order valence-electron chi connectivity index (χ1n) is 10.4. The average Bonchev–Trinajstić information content (AvgIpc) is 3.45. The van der Waals surface area contributed by atoms with E-state index in [4.69, 9.17) is 14.7 Å². The third kappa shape index (κ3) is 6.93. The molecule has 0 atom stereocenters. The summed E-state index contributed by atoms with van der Waals surface area (Å²) in [5.74, 6) is -0.586. The number of benzene rings is 1. The number of carbonyl (C=O) groups is 1. The minimum absolute atomic E-state index is 0.00972. The predicted octanol–water partition coefficient (Wildman–Crippen LogP) is 1.20. The zero-order chi connectivity index (χ0) is 25.4. The highest BCUT2D eigenvalue weighted by Gasteiger charge is 2.22. The number of aryl methyl sites for hydroxylation is 1. The summed E-state index contributed by atoms with van der Waals surface area (Å²) in [6.07, 6.45) is 3.35. The number of rotatable bonds is 12. The van der Waals surface area contributed by atoms with Crippen molar-refractivity contribution in [1.82, 2.24) is 19.1 Å². The summed E-state index contributed by atoms with van der Waals surface area (Å²) in [6, 6.07) is 7.39. The molecule has 0 saturated heterocycles. The van der Waals surface area contributed by atoms with Gasteiger partial charge in [0.25, 0.3) is 5.91 Å². The highest BCUT2D eigenvalue weighted by molar-refractivity contribution is 7.89. The molecule has 3 rings (SSSR count). The van der Waals surface area contributed by atoms with Crippen LogP contribution in [0.4, 0.5) is 5.13 Å². The number of aromatic nitrogens is 3. The van der Waals surface area contributed by atoms with Gasteiger partial charge in [0.05, 0.1) is 23.0 Å². The Morgan fingerprint density at radius 2 is 2.00 bits per heavy atom. The number of hydrogen-bond acceptors (Lipinski definition) is 10. The molecular formula is C21H26N6O6S2. The maximum atomic E-state index is 13.0. The molecule has 0 fully saturated rings. The van der Waals surface area contributed by atoms with Crippen LogP contribution in [0.1, 0.15) is 16.1 Å². The molecule has 0 radical (unpaired) electrons. The maximum absolute atomic E-state index is 13.0. The van der Waals surface area contributed by atoms with Gasteiger partial charge in [-0.3, -0.25) is 14.8 Å². The van der Waals surface area contributed by atoms with Crippen LogP contribution in [0.15, 0.2) is 52.8 Å². The summed E-state index contributed by atoms with van der Waals surface area (Å²) < 4.78 is 33.0. The number of carbonyl (C=O) groups excluding carboxylic acids is 1. The maximum Gasteiger partial charge on any atom is 0.280 e. The van der Waals surface area contributed by atoms with Crippen LogP contribution in [0.25, 0.3) is 0 Å². The Labute approximate surface area is 206 Å². The van der Waals surface area contributed by atoms with E-state index < -0.39 is 15.9 Å². The van der Waals surface area contributed by atoms with Gasteiger partial charge in [0, 0.05) is 45.7 Å². The molecule has 188 valence electrons. The summed E-state index contributed by atoms with van der Waals surface area (Å²) in [5.41, 5.74) is 0.881. The largest absolute Gasteiger partial charge is 0.395 e. The zero-order valence-corrected chi connectivity index (χ0v) is 21.0. The number of sulfonamides is 1. The van der Waals surface area contributed by atoms with E-state index in [1.54, 1.807) is 37.3 Å². The Morgan fingerprint density at radius 1 is 1.26 bits per heavy atom. The quantitative estimate of drug-likeness (QED) is 0.266. The molecule has 0 bridgehead atoms. The van der Waals surface area contributed by atoms with Crippen molar-refractivity contribution in [2.24, 2.45) is 12.2 Å². The molecular weight excluding hydrogens is 496 g/mol. The van der Waals surface area contributed by atoms with Crippen molar-refractivity contribution in [2.45, 2.75) is 18.1 Å². The van der Waals surface area contributed by atoms with E-state index in [9.17, 15) is 13.2 Å². The van der Waals surface area contributed by atoms with Crippen LogP contribution in [0, 0.1) is 0 Å². The molecule has 0 aliphatic carbocycles. The molecule has 2 aromatic heterocycles. The van der Waals surface area contributed by atoms with Gasteiger partial charge in [-0.15, -0.1) is 0 Å². The third-order valence-corrected chi connectivity index (χ3v) is 7.42. The molecule has 2 heterocycles. The van der Waals surface area contributed by atoms with Gasteiger partial charge >= 0.3 is 0 Å². The minimum Gasteiger partial charge on any atom is -0.395 e. The van der Waals surface area contributed by atoms with Crippen LogP contribution in [0.2, 0.25) is 0 Å². The number of aliphatic hydroxyl groups excluding tert-OH is 1. The monoisotopic (exact) mass is 522 g/mol. The third-order valence-electron chi connectivity index (χ3n) is 4.66. The predicted molar refractivity (Wildman–Crippen MR) is 129 cm³/mol. The number of thiazole rings is 1. The fourth-order valence-electron chi connectivity index (χ4n) is 2.88.